The largest absolute Gasteiger partial charge is 0.507 e. The zero-order valence-electron chi connectivity index (χ0n) is 19.7. The molecule has 0 aliphatic carbocycles. The van der Waals surface area contributed by atoms with Crippen molar-refractivity contribution in [1.82, 2.24) is 4.57 Å². The fourth-order valence-electron chi connectivity index (χ4n) is 4.14. The number of carbonyl (C=O) groups is 1. The molecule has 0 spiro atoms. The van der Waals surface area contributed by atoms with Crippen LogP contribution in [0.15, 0.2) is 81.0 Å². The van der Waals surface area contributed by atoms with Gasteiger partial charge < -0.3 is 10.4 Å². The highest BCUT2D eigenvalue weighted by Crippen LogP contribution is 2.33. The molecular weight excluding hydrogens is 512 g/mol. The Kier molecular flexibility index (Phi) is 6.32. The molecule has 1 aliphatic heterocycles. The van der Waals surface area contributed by atoms with Crippen molar-refractivity contribution in [3.8, 4) is 5.75 Å². The van der Waals surface area contributed by atoms with Gasteiger partial charge in [0.25, 0.3) is 17.2 Å². The Morgan fingerprint density at radius 1 is 1.19 bits per heavy atom. The van der Waals surface area contributed by atoms with Crippen LogP contribution in [0.5, 0.6) is 5.75 Å². The zero-order chi connectivity index (χ0) is 26.3. The van der Waals surface area contributed by atoms with Crippen molar-refractivity contribution in [3.63, 3.8) is 0 Å². The third-order valence-corrected chi connectivity index (χ3v) is 7.89. The first-order chi connectivity index (χ1) is 17.7. The number of allylic oxidation sites excluding steroid dienone is 1. The number of anilines is 1. The number of rotatable bonds is 5. The molecule has 1 atom stereocenters. The van der Waals surface area contributed by atoms with Gasteiger partial charge in [-0.25, -0.2) is 4.99 Å². The standard InChI is InChI=1S/C26H20N4O5S2/c1-14-6-3-4-7-18(14)28-24(32)22-15(2)27-26-29(23(22)20-8-5-11-36-20)25(33)21(37-26)13-16-12-17(30(34)35)9-10-19(16)31/h3-13,23,31H,1-2H3,(H,28,32)/b21-13+. The van der Waals surface area contributed by atoms with Crippen LogP contribution in [0.3, 0.4) is 0 Å². The minimum atomic E-state index is -0.707. The second kappa shape index (κ2) is 9.60. The number of nitro benzene ring substituents is 1. The summed E-state index contributed by atoms with van der Waals surface area (Å²) in [4.78, 5) is 43.6. The van der Waals surface area contributed by atoms with Crippen LogP contribution in [-0.2, 0) is 4.79 Å². The lowest BCUT2D eigenvalue weighted by molar-refractivity contribution is -0.384. The topological polar surface area (TPSA) is 127 Å². The molecule has 0 radical (unpaired) electrons. The number of benzene rings is 2. The van der Waals surface area contributed by atoms with Crippen molar-refractivity contribution < 1.29 is 14.8 Å². The van der Waals surface area contributed by atoms with E-state index in [2.05, 4.69) is 10.3 Å². The van der Waals surface area contributed by atoms with E-state index < -0.39 is 16.5 Å². The monoisotopic (exact) mass is 532 g/mol. The molecule has 11 heteroatoms. The average molecular weight is 533 g/mol. The van der Waals surface area contributed by atoms with Crippen molar-refractivity contribution in [1.29, 1.82) is 0 Å². The van der Waals surface area contributed by atoms with Crippen molar-refractivity contribution in [2.75, 3.05) is 5.32 Å². The van der Waals surface area contributed by atoms with Gasteiger partial charge in [0.05, 0.1) is 20.7 Å². The zero-order valence-corrected chi connectivity index (χ0v) is 21.3. The predicted molar refractivity (Wildman–Crippen MR) is 143 cm³/mol. The number of phenols is 1. The summed E-state index contributed by atoms with van der Waals surface area (Å²) in [5.74, 6) is -0.555. The third-order valence-electron chi connectivity index (χ3n) is 5.98. The van der Waals surface area contributed by atoms with Gasteiger partial charge in [-0.05, 0) is 49.1 Å². The van der Waals surface area contributed by atoms with Crippen LogP contribution in [0.2, 0.25) is 0 Å². The van der Waals surface area contributed by atoms with Gasteiger partial charge in [0, 0.05) is 28.3 Å². The molecule has 3 heterocycles. The van der Waals surface area contributed by atoms with E-state index in [0.717, 1.165) is 21.8 Å². The van der Waals surface area contributed by atoms with E-state index in [0.29, 0.717) is 21.8 Å². The average Bonchev–Trinajstić information content (AvgIpc) is 3.49. The lowest BCUT2D eigenvalue weighted by Crippen LogP contribution is -2.40. The molecule has 2 aromatic heterocycles. The highest BCUT2D eigenvalue weighted by molar-refractivity contribution is 7.10. The molecule has 2 N–H and O–H groups in total. The van der Waals surface area contributed by atoms with Crippen molar-refractivity contribution in [3.05, 3.63) is 117 Å². The first-order valence-electron chi connectivity index (χ1n) is 11.1. The van der Waals surface area contributed by atoms with Crippen LogP contribution in [0.25, 0.3) is 6.08 Å². The van der Waals surface area contributed by atoms with Gasteiger partial charge in [-0.1, -0.05) is 35.6 Å². The Morgan fingerprint density at radius 3 is 2.68 bits per heavy atom. The first-order valence-corrected chi connectivity index (χ1v) is 12.8. The summed E-state index contributed by atoms with van der Waals surface area (Å²) in [6.45, 7) is 3.63. The van der Waals surface area contributed by atoms with Gasteiger partial charge in [-0.2, -0.15) is 0 Å². The van der Waals surface area contributed by atoms with Crippen molar-refractivity contribution in [2.24, 2.45) is 4.99 Å². The number of aromatic nitrogens is 1. The molecule has 0 saturated carbocycles. The molecule has 1 aliphatic rings. The number of amides is 1. The number of nitrogens with one attached hydrogen (secondary N) is 1. The number of aromatic hydroxyl groups is 1. The fourth-order valence-corrected chi connectivity index (χ4v) is 6.00. The smallest absolute Gasteiger partial charge is 0.271 e. The molecule has 0 fully saturated rings. The number of nitro groups is 1. The highest BCUT2D eigenvalue weighted by Gasteiger charge is 2.33. The third kappa shape index (κ3) is 4.50. The minimum Gasteiger partial charge on any atom is -0.507 e. The SMILES string of the molecule is CC1=C(C(=O)Nc2ccccc2C)C(c2cccs2)n2c(s/c(=C/c3cc([N+](=O)[O-])ccc3O)c2=O)=N1. The van der Waals surface area contributed by atoms with Crippen LogP contribution < -0.4 is 20.2 Å². The number of nitrogens with zero attached hydrogens (tertiary/aromatic N) is 3. The normalized spacial score (nSPS) is 15.3. The summed E-state index contributed by atoms with van der Waals surface area (Å²) in [7, 11) is 0. The van der Waals surface area contributed by atoms with E-state index in [1.54, 1.807) is 6.92 Å². The summed E-state index contributed by atoms with van der Waals surface area (Å²) in [6, 6.07) is 14.0. The van der Waals surface area contributed by atoms with Gasteiger partial charge in [0.15, 0.2) is 4.80 Å². The quantitative estimate of drug-likeness (QED) is 0.298. The van der Waals surface area contributed by atoms with Crippen molar-refractivity contribution in [2.45, 2.75) is 19.9 Å². The summed E-state index contributed by atoms with van der Waals surface area (Å²) in [5, 5.41) is 26.3. The fraction of sp³-hybridized carbons (Fsp3) is 0.115. The van der Waals surface area contributed by atoms with Crippen LogP contribution in [-0.4, -0.2) is 20.5 Å². The van der Waals surface area contributed by atoms with E-state index in [9.17, 15) is 24.8 Å². The Balaban J connectivity index is 1.66. The molecule has 37 heavy (non-hydrogen) atoms. The Hall–Kier alpha value is -4.35. The van der Waals surface area contributed by atoms with Gasteiger partial charge in [-0.15, -0.1) is 11.3 Å². The van der Waals surface area contributed by atoms with Gasteiger partial charge >= 0.3 is 0 Å². The molecule has 0 saturated heterocycles. The number of para-hydroxylation sites is 1. The lowest BCUT2D eigenvalue weighted by atomic mass is 10.0. The van der Waals surface area contributed by atoms with E-state index >= 15 is 0 Å². The molecule has 9 nitrogen and oxygen atoms in total. The first kappa shape index (κ1) is 24.3. The molecule has 1 amide bonds. The van der Waals surface area contributed by atoms with Gasteiger partial charge in [0.1, 0.15) is 11.8 Å². The molecule has 186 valence electrons. The second-order valence-corrected chi connectivity index (χ2v) is 10.4. The second-order valence-electron chi connectivity index (χ2n) is 8.37. The maximum atomic E-state index is 13.7. The lowest BCUT2D eigenvalue weighted by Gasteiger charge is -2.24. The number of aryl methyl sites for hydroxylation is 1. The van der Waals surface area contributed by atoms with Gasteiger partial charge in [-0.3, -0.25) is 24.3 Å². The van der Waals surface area contributed by atoms with Crippen LogP contribution in [0.1, 0.15) is 29.0 Å². The number of non-ortho nitro benzene ring substituents is 1. The number of thiazole rings is 1. The number of thiophene rings is 1. The number of hydrogen-bond donors (Lipinski definition) is 2. The molecule has 5 rings (SSSR count). The Labute approximate surface area is 218 Å². The van der Waals surface area contributed by atoms with Crippen molar-refractivity contribution >= 4 is 46.0 Å². The van der Waals surface area contributed by atoms with Crippen LogP contribution in [0, 0.1) is 17.0 Å². The summed E-state index contributed by atoms with van der Waals surface area (Å²) in [5.41, 5.74) is 1.91. The van der Waals surface area contributed by atoms with E-state index in [-0.39, 0.29) is 27.4 Å². The summed E-state index contributed by atoms with van der Waals surface area (Å²) < 4.78 is 1.70. The molecular formula is C26H20N4O5S2. The molecule has 1 unspecified atom stereocenters. The minimum absolute atomic E-state index is 0.139. The van der Waals surface area contributed by atoms with E-state index in [1.807, 2.05) is 48.7 Å². The summed E-state index contributed by atoms with van der Waals surface area (Å²) in [6.07, 6.45) is 1.41. The predicted octanol–water partition coefficient (Wildman–Crippen LogP) is 3.86. The Morgan fingerprint density at radius 2 is 1.97 bits per heavy atom. The van der Waals surface area contributed by atoms with E-state index in [1.165, 1.54) is 40.2 Å². The number of phenolic OH excluding ortho intramolecular Hbond substituents is 1. The molecule has 0 bridgehead atoms. The van der Waals surface area contributed by atoms with Crippen LogP contribution in [0.4, 0.5) is 11.4 Å². The number of hydrogen-bond acceptors (Lipinski definition) is 8. The number of fused-ring (bicyclic) bond motifs is 1. The van der Waals surface area contributed by atoms with Gasteiger partial charge in [0.2, 0.25) is 0 Å². The van der Waals surface area contributed by atoms with E-state index in [4.69, 9.17) is 0 Å². The summed E-state index contributed by atoms with van der Waals surface area (Å²) >= 11 is 2.51. The molecule has 2 aromatic carbocycles. The van der Waals surface area contributed by atoms with Crippen LogP contribution >= 0.6 is 22.7 Å². The molecule has 4 aromatic rings. The maximum Gasteiger partial charge on any atom is 0.271 e. The highest BCUT2D eigenvalue weighted by atomic mass is 32.1. The Bertz CT molecular complexity index is 1770. The maximum absolute atomic E-state index is 13.7. The number of carbonyl (C=O) groups excluding carboxylic acids is 1.